The molecule has 0 aliphatic heterocycles. The first-order chi connectivity index (χ1) is 10.1. The number of carbonyl (C=O) groups is 1. The van der Waals surface area contributed by atoms with Crippen molar-refractivity contribution in [1.29, 1.82) is 0 Å². The average molecular weight is 298 g/mol. The number of benzene rings is 1. The maximum atomic E-state index is 12.5. The molecule has 116 valence electrons. The maximum absolute atomic E-state index is 12.5. The zero-order chi connectivity index (χ0) is 15.2. The number of ether oxygens (including phenoxy) is 1. The summed E-state index contributed by atoms with van der Waals surface area (Å²) >= 11 is 0. The molecule has 0 heterocycles. The molecule has 0 saturated heterocycles. The van der Waals surface area contributed by atoms with E-state index in [1.807, 2.05) is 0 Å². The second-order valence-electron chi connectivity index (χ2n) is 5.51. The van der Waals surface area contributed by atoms with Gasteiger partial charge < -0.3 is 9.84 Å². The lowest BCUT2D eigenvalue weighted by Crippen LogP contribution is -2.23. The van der Waals surface area contributed by atoms with Crippen LogP contribution >= 0.6 is 0 Å². The van der Waals surface area contributed by atoms with E-state index in [1.54, 1.807) is 12.1 Å². The Labute approximate surface area is 122 Å². The van der Waals surface area contributed by atoms with Crippen LogP contribution in [0.3, 0.4) is 0 Å². The van der Waals surface area contributed by atoms with Gasteiger partial charge in [0.05, 0.1) is 12.0 Å². The minimum Gasteiger partial charge on any atom is -0.490 e. The van der Waals surface area contributed by atoms with Gasteiger partial charge in [0.15, 0.2) is 0 Å². The summed E-state index contributed by atoms with van der Waals surface area (Å²) in [6, 6.07) is 5.83. The van der Waals surface area contributed by atoms with Crippen molar-refractivity contribution in [3.05, 3.63) is 29.8 Å². The summed E-state index contributed by atoms with van der Waals surface area (Å²) in [5.41, 5.74) is -0.0223. The van der Waals surface area contributed by atoms with E-state index in [0.29, 0.717) is 18.6 Å². The van der Waals surface area contributed by atoms with Crippen molar-refractivity contribution in [2.75, 3.05) is 0 Å². The number of hydrogen-bond donors (Lipinski definition) is 1. The number of hydrogen-bond acceptors (Lipinski definition) is 2. The fourth-order valence-corrected chi connectivity index (χ4v) is 2.69. The molecule has 21 heavy (non-hydrogen) atoms. The molecular weight excluding hydrogens is 278 g/mol. The minimum atomic E-state index is -2.48. The van der Waals surface area contributed by atoms with Crippen molar-refractivity contribution in [2.45, 2.75) is 51.1 Å². The molecule has 0 amide bonds. The Bertz CT molecular complexity index is 459. The molecule has 1 N–H and O–H groups in total. The summed E-state index contributed by atoms with van der Waals surface area (Å²) in [4.78, 5) is 11.1. The smallest absolute Gasteiger partial charge is 0.306 e. The summed E-state index contributed by atoms with van der Waals surface area (Å²) < 4.78 is 30.8. The largest absolute Gasteiger partial charge is 0.490 e. The van der Waals surface area contributed by atoms with Crippen LogP contribution in [-0.4, -0.2) is 17.2 Å². The van der Waals surface area contributed by atoms with Gasteiger partial charge >= 0.3 is 5.97 Å². The molecular formula is C16H20F2O3. The van der Waals surface area contributed by atoms with Crippen LogP contribution in [0.5, 0.6) is 5.75 Å². The van der Waals surface area contributed by atoms with E-state index in [1.165, 1.54) is 12.1 Å². The SMILES string of the molecule is O=C(O)C1CCCCC(Oc2ccc(C(F)F)cc2)CC1. The van der Waals surface area contributed by atoms with E-state index in [2.05, 4.69) is 0 Å². The van der Waals surface area contributed by atoms with Crippen molar-refractivity contribution in [3.63, 3.8) is 0 Å². The second kappa shape index (κ2) is 7.38. The first-order valence-corrected chi connectivity index (χ1v) is 7.34. The highest BCUT2D eigenvalue weighted by atomic mass is 19.3. The lowest BCUT2D eigenvalue weighted by atomic mass is 9.90. The average Bonchev–Trinajstić information content (AvgIpc) is 2.42. The Morgan fingerprint density at radius 1 is 1.10 bits per heavy atom. The molecule has 1 saturated carbocycles. The zero-order valence-corrected chi connectivity index (χ0v) is 11.8. The Morgan fingerprint density at radius 2 is 1.76 bits per heavy atom. The van der Waals surface area contributed by atoms with Crippen LogP contribution < -0.4 is 4.74 Å². The standard InChI is InChI=1S/C16H20F2O3/c17-15(18)11-5-8-14(9-6-11)21-13-4-2-1-3-12(7-10-13)16(19)20/h5-6,8-9,12-13,15H,1-4,7,10H2,(H,19,20). The third-order valence-corrected chi connectivity index (χ3v) is 3.95. The molecule has 1 aliphatic rings. The van der Waals surface area contributed by atoms with Gasteiger partial charge in [0.2, 0.25) is 0 Å². The molecule has 0 radical (unpaired) electrons. The number of aliphatic carboxylic acids is 1. The van der Waals surface area contributed by atoms with Gasteiger partial charge in [-0.3, -0.25) is 4.79 Å². The topological polar surface area (TPSA) is 46.5 Å². The van der Waals surface area contributed by atoms with E-state index < -0.39 is 12.4 Å². The minimum absolute atomic E-state index is 0.0223. The molecule has 0 bridgehead atoms. The van der Waals surface area contributed by atoms with Gasteiger partial charge in [-0.25, -0.2) is 8.78 Å². The van der Waals surface area contributed by atoms with Crippen LogP contribution in [0.4, 0.5) is 8.78 Å². The van der Waals surface area contributed by atoms with E-state index in [-0.39, 0.29) is 17.6 Å². The predicted octanol–water partition coefficient (Wildman–Crippen LogP) is 4.43. The summed E-state index contributed by atoms with van der Waals surface area (Å²) in [6.45, 7) is 0. The molecule has 1 aromatic rings. The van der Waals surface area contributed by atoms with E-state index in [0.717, 1.165) is 25.7 Å². The first kappa shape index (κ1) is 15.7. The number of rotatable bonds is 4. The van der Waals surface area contributed by atoms with Gasteiger partial charge in [0.1, 0.15) is 5.75 Å². The van der Waals surface area contributed by atoms with Gasteiger partial charge in [-0.1, -0.05) is 6.42 Å². The van der Waals surface area contributed by atoms with Crippen LogP contribution in [0.15, 0.2) is 24.3 Å². The quantitative estimate of drug-likeness (QED) is 0.894. The van der Waals surface area contributed by atoms with E-state index >= 15 is 0 Å². The monoisotopic (exact) mass is 298 g/mol. The summed E-state index contributed by atoms with van der Waals surface area (Å²) in [5.74, 6) is -0.466. The van der Waals surface area contributed by atoms with E-state index in [4.69, 9.17) is 9.84 Å². The van der Waals surface area contributed by atoms with E-state index in [9.17, 15) is 13.6 Å². The third kappa shape index (κ3) is 4.69. The van der Waals surface area contributed by atoms with Crippen molar-refractivity contribution in [2.24, 2.45) is 5.92 Å². The fourth-order valence-electron chi connectivity index (χ4n) is 2.69. The Balaban J connectivity index is 1.93. The summed E-state index contributed by atoms with van der Waals surface area (Å²) in [6.07, 6.45) is 2.21. The highest BCUT2D eigenvalue weighted by Crippen LogP contribution is 2.27. The van der Waals surface area contributed by atoms with Gasteiger partial charge in [0, 0.05) is 5.56 Å². The van der Waals surface area contributed by atoms with Gasteiger partial charge in [-0.2, -0.15) is 0 Å². The molecule has 1 fully saturated rings. The highest BCUT2D eigenvalue weighted by Gasteiger charge is 2.23. The lowest BCUT2D eigenvalue weighted by molar-refractivity contribution is -0.142. The summed E-state index contributed by atoms with van der Waals surface area (Å²) in [7, 11) is 0. The molecule has 3 nitrogen and oxygen atoms in total. The van der Waals surface area contributed by atoms with Crippen LogP contribution in [0.1, 0.15) is 50.5 Å². The van der Waals surface area contributed by atoms with Crippen LogP contribution in [0.25, 0.3) is 0 Å². The lowest BCUT2D eigenvalue weighted by Gasteiger charge is -2.24. The molecule has 1 aromatic carbocycles. The number of carboxylic acid groups (broad SMARTS) is 1. The molecule has 0 spiro atoms. The Morgan fingerprint density at radius 3 is 2.38 bits per heavy atom. The molecule has 0 aromatic heterocycles. The number of carboxylic acids is 1. The molecule has 2 unspecified atom stereocenters. The Hall–Kier alpha value is -1.65. The van der Waals surface area contributed by atoms with Crippen LogP contribution in [-0.2, 0) is 4.79 Å². The fraction of sp³-hybridized carbons (Fsp3) is 0.562. The first-order valence-electron chi connectivity index (χ1n) is 7.34. The van der Waals surface area contributed by atoms with Crippen molar-refractivity contribution in [1.82, 2.24) is 0 Å². The van der Waals surface area contributed by atoms with Crippen LogP contribution in [0, 0.1) is 5.92 Å². The number of alkyl halides is 2. The third-order valence-electron chi connectivity index (χ3n) is 3.95. The number of halogens is 2. The molecule has 2 rings (SSSR count). The molecule has 2 atom stereocenters. The van der Waals surface area contributed by atoms with Crippen LogP contribution in [0.2, 0.25) is 0 Å². The van der Waals surface area contributed by atoms with Crippen molar-refractivity contribution in [3.8, 4) is 5.75 Å². The normalized spacial score (nSPS) is 23.4. The van der Waals surface area contributed by atoms with Crippen molar-refractivity contribution < 1.29 is 23.4 Å². The predicted molar refractivity (Wildman–Crippen MR) is 74.6 cm³/mol. The zero-order valence-electron chi connectivity index (χ0n) is 11.8. The molecule has 1 aliphatic carbocycles. The van der Waals surface area contributed by atoms with Crippen molar-refractivity contribution >= 4 is 5.97 Å². The van der Waals surface area contributed by atoms with Gasteiger partial charge in [-0.05, 0) is 56.4 Å². The second-order valence-corrected chi connectivity index (χ2v) is 5.51. The Kier molecular flexibility index (Phi) is 5.53. The van der Waals surface area contributed by atoms with Gasteiger partial charge in [0.25, 0.3) is 6.43 Å². The summed E-state index contributed by atoms with van der Waals surface area (Å²) in [5, 5.41) is 9.10. The molecule has 5 heteroatoms. The highest BCUT2D eigenvalue weighted by molar-refractivity contribution is 5.69. The van der Waals surface area contributed by atoms with Gasteiger partial charge in [-0.15, -0.1) is 0 Å². The maximum Gasteiger partial charge on any atom is 0.306 e.